The monoisotopic (exact) mass is 366 g/mol. The molecular formula is C15H15ClN4OS2. The molecule has 2 heterocycles. The van der Waals surface area contributed by atoms with Crippen LogP contribution in [0.15, 0.2) is 40.9 Å². The normalized spacial score (nSPS) is 10.8. The van der Waals surface area contributed by atoms with Crippen LogP contribution in [0.5, 0.6) is 0 Å². The van der Waals surface area contributed by atoms with Gasteiger partial charge >= 0.3 is 6.03 Å². The van der Waals surface area contributed by atoms with Crippen molar-refractivity contribution in [3.05, 3.63) is 45.6 Å². The molecule has 3 N–H and O–H groups in total. The molecule has 0 unspecified atom stereocenters. The average Bonchev–Trinajstić information content (AvgIpc) is 3.15. The molecular weight excluding hydrogens is 352 g/mol. The van der Waals surface area contributed by atoms with E-state index in [1.165, 1.54) is 0 Å². The van der Waals surface area contributed by atoms with Crippen molar-refractivity contribution < 1.29 is 4.79 Å². The maximum Gasteiger partial charge on any atom is 0.325 e. The fourth-order valence-electron chi connectivity index (χ4n) is 2.06. The number of aryl methyl sites for hydroxylation is 1. The van der Waals surface area contributed by atoms with Gasteiger partial charge in [-0.3, -0.25) is 4.72 Å². The first kappa shape index (κ1) is 16.2. The van der Waals surface area contributed by atoms with Gasteiger partial charge < -0.3 is 10.3 Å². The van der Waals surface area contributed by atoms with Crippen LogP contribution in [0, 0.1) is 0 Å². The number of urea groups is 1. The van der Waals surface area contributed by atoms with E-state index in [4.69, 9.17) is 11.6 Å². The smallest absolute Gasteiger partial charge is 0.325 e. The van der Waals surface area contributed by atoms with Crippen LogP contribution >= 0.6 is 34.9 Å². The fourth-order valence-corrected chi connectivity index (χ4v) is 3.81. The van der Waals surface area contributed by atoms with Crippen LogP contribution in [0.2, 0.25) is 5.02 Å². The van der Waals surface area contributed by atoms with Gasteiger partial charge in [0.2, 0.25) is 0 Å². The molecule has 0 aliphatic rings. The Labute approximate surface area is 147 Å². The number of carbonyl (C=O) groups is 1. The number of aromatic amines is 1. The van der Waals surface area contributed by atoms with Crippen molar-refractivity contribution in [1.82, 2.24) is 20.0 Å². The topological polar surface area (TPSA) is 69.8 Å². The highest BCUT2D eigenvalue weighted by Crippen LogP contribution is 2.23. The van der Waals surface area contributed by atoms with Gasteiger partial charge in [0.05, 0.1) is 16.1 Å². The van der Waals surface area contributed by atoms with E-state index in [2.05, 4.69) is 20.0 Å². The number of imidazole rings is 1. The molecule has 3 aromatic rings. The van der Waals surface area contributed by atoms with Crippen molar-refractivity contribution in [3.8, 4) is 0 Å². The number of aromatic nitrogens is 2. The van der Waals surface area contributed by atoms with Gasteiger partial charge in [0, 0.05) is 23.4 Å². The summed E-state index contributed by atoms with van der Waals surface area (Å²) in [4.78, 5) is 20.4. The van der Waals surface area contributed by atoms with E-state index < -0.39 is 0 Å². The van der Waals surface area contributed by atoms with Gasteiger partial charge in [-0.15, -0.1) is 11.3 Å². The molecule has 0 fully saturated rings. The van der Waals surface area contributed by atoms with Crippen molar-refractivity contribution in [2.45, 2.75) is 18.0 Å². The fraction of sp³-hybridized carbons (Fsp3) is 0.200. The maximum absolute atomic E-state index is 11.8. The van der Waals surface area contributed by atoms with E-state index in [-0.39, 0.29) is 6.03 Å². The minimum absolute atomic E-state index is 0.229. The summed E-state index contributed by atoms with van der Waals surface area (Å²) in [6, 6.07) is 9.40. The summed E-state index contributed by atoms with van der Waals surface area (Å²) in [5.74, 6) is 0. The molecule has 0 saturated carbocycles. The van der Waals surface area contributed by atoms with Gasteiger partial charge in [-0.2, -0.15) is 0 Å². The molecule has 0 bridgehead atoms. The number of benzene rings is 1. The highest BCUT2D eigenvalue weighted by Gasteiger charge is 2.06. The van der Waals surface area contributed by atoms with E-state index in [9.17, 15) is 4.79 Å². The van der Waals surface area contributed by atoms with Gasteiger partial charge in [0.1, 0.15) is 0 Å². The lowest BCUT2D eigenvalue weighted by molar-refractivity contribution is 0.246. The molecule has 2 aromatic heterocycles. The van der Waals surface area contributed by atoms with Crippen LogP contribution < -0.4 is 10.0 Å². The summed E-state index contributed by atoms with van der Waals surface area (Å²) in [6.07, 6.45) is 1.72. The highest BCUT2D eigenvalue weighted by atomic mass is 35.5. The summed E-state index contributed by atoms with van der Waals surface area (Å²) >= 11 is 8.84. The second-order valence-electron chi connectivity index (χ2n) is 4.81. The van der Waals surface area contributed by atoms with Crippen molar-refractivity contribution in [2.24, 2.45) is 0 Å². The second kappa shape index (κ2) is 7.72. The molecule has 0 saturated heterocycles. The van der Waals surface area contributed by atoms with Crippen LogP contribution in [0.1, 0.15) is 11.3 Å². The summed E-state index contributed by atoms with van der Waals surface area (Å²) < 4.78 is 2.71. The summed E-state index contributed by atoms with van der Waals surface area (Å²) in [6.45, 7) is 0.598. The summed E-state index contributed by atoms with van der Waals surface area (Å²) in [7, 11) is 0. The quantitative estimate of drug-likeness (QED) is 0.452. The lowest BCUT2D eigenvalue weighted by atomic mass is 10.2. The Bertz CT molecular complexity index is 768. The predicted octanol–water partition coefficient (Wildman–Crippen LogP) is 4.22. The minimum atomic E-state index is -0.229. The number of para-hydroxylation sites is 2. The Morgan fingerprint density at radius 2 is 2.22 bits per heavy atom. The van der Waals surface area contributed by atoms with Gasteiger partial charge in [-0.25, -0.2) is 9.78 Å². The molecule has 0 atom stereocenters. The number of hydrogen-bond acceptors (Lipinski definition) is 4. The first-order valence-electron chi connectivity index (χ1n) is 7.09. The zero-order valence-electron chi connectivity index (χ0n) is 12.1. The standard InChI is InChI=1S/C15H15ClN4OS2/c16-10-7-9-22-13(10)6-3-8-17-14(21)20-23-15-18-11-4-1-2-5-12(11)19-15/h1-2,4-5,7,9H,3,6,8H2,(H,18,19)(H2,17,20,21). The number of thiophene rings is 1. The van der Waals surface area contributed by atoms with Crippen LogP contribution in [0.25, 0.3) is 11.0 Å². The first-order chi connectivity index (χ1) is 11.2. The molecule has 2 amide bonds. The Morgan fingerprint density at radius 3 is 3.00 bits per heavy atom. The van der Waals surface area contributed by atoms with Gasteiger partial charge in [-0.05, 0) is 36.4 Å². The average molecular weight is 367 g/mol. The Hall–Kier alpha value is -1.70. The largest absolute Gasteiger partial charge is 0.337 e. The van der Waals surface area contributed by atoms with Crippen LogP contribution in [0.3, 0.4) is 0 Å². The predicted molar refractivity (Wildman–Crippen MR) is 96.1 cm³/mol. The summed E-state index contributed by atoms with van der Waals surface area (Å²) in [5, 5.41) is 6.26. The van der Waals surface area contributed by atoms with E-state index in [0.29, 0.717) is 11.7 Å². The van der Waals surface area contributed by atoms with Gasteiger partial charge in [0.25, 0.3) is 0 Å². The maximum atomic E-state index is 11.8. The van der Waals surface area contributed by atoms with Crippen molar-refractivity contribution >= 4 is 52.0 Å². The number of H-pyrrole nitrogens is 1. The second-order valence-corrected chi connectivity index (χ2v) is 7.02. The van der Waals surface area contributed by atoms with E-state index in [0.717, 1.165) is 45.7 Å². The highest BCUT2D eigenvalue weighted by molar-refractivity contribution is 7.97. The molecule has 0 aliphatic heterocycles. The molecule has 8 heteroatoms. The number of fused-ring (bicyclic) bond motifs is 1. The van der Waals surface area contributed by atoms with E-state index >= 15 is 0 Å². The zero-order chi connectivity index (χ0) is 16.1. The molecule has 23 heavy (non-hydrogen) atoms. The lowest BCUT2D eigenvalue weighted by Gasteiger charge is -2.05. The third-order valence-corrected chi connectivity index (χ3v) is 5.29. The molecule has 0 radical (unpaired) electrons. The van der Waals surface area contributed by atoms with E-state index in [1.54, 1.807) is 11.3 Å². The van der Waals surface area contributed by atoms with Crippen molar-refractivity contribution in [2.75, 3.05) is 6.54 Å². The Balaban J connectivity index is 1.38. The Morgan fingerprint density at radius 1 is 1.35 bits per heavy atom. The van der Waals surface area contributed by atoms with Gasteiger partial charge in [-0.1, -0.05) is 23.7 Å². The SMILES string of the molecule is O=C(NCCCc1sccc1Cl)NSc1nc2ccccc2[nH]1. The van der Waals surface area contributed by atoms with Crippen LogP contribution in [-0.4, -0.2) is 22.5 Å². The number of halogens is 1. The molecule has 5 nitrogen and oxygen atoms in total. The van der Waals surface area contributed by atoms with Crippen LogP contribution in [0.4, 0.5) is 4.79 Å². The molecule has 0 aliphatic carbocycles. The summed E-state index contributed by atoms with van der Waals surface area (Å²) in [5.41, 5.74) is 1.83. The number of nitrogens with zero attached hydrogens (tertiary/aromatic N) is 1. The number of carbonyl (C=O) groups excluding carboxylic acids is 1. The zero-order valence-corrected chi connectivity index (χ0v) is 14.5. The van der Waals surface area contributed by atoms with E-state index in [1.807, 2.05) is 35.7 Å². The molecule has 3 rings (SSSR count). The van der Waals surface area contributed by atoms with Crippen LogP contribution in [-0.2, 0) is 6.42 Å². The number of rotatable bonds is 6. The molecule has 0 spiro atoms. The van der Waals surface area contributed by atoms with Crippen molar-refractivity contribution in [1.29, 1.82) is 0 Å². The number of hydrogen-bond donors (Lipinski definition) is 3. The molecule has 120 valence electrons. The van der Waals surface area contributed by atoms with Gasteiger partial charge in [0.15, 0.2) is 5.16 Å². The minimum Gasteiger partial charge on any atom is -0.337 e. The third-order valence-electron chi connectivity index (χ3n) is 3.17. The number of nitrogens with one attached hydrogen (secondary N) is 3. The van der Waals surface area contributed by atoms with Crippen molar-refractivity contribution in [3.63, 3.8) is 0 Å². The first-order valence-corrected chi connectivity index (χ1v) is 9.17. The number of amides is 2. The Kier molecular flexibility index (Phi) is 5.43. The lowest BCUT2D eigenvalue weighted by Crippen LogP contribution is -2.32. The third kappa shape index (κ3) is 4.40. The molecule has 1 aromatic carbocycles.